The summed E-state index contributed by atoms with van der Waals surface area (Å²) in [6.07, 6.45) is -11.8. The Kier molecular flexibility index (Phi) is 7.88. The molecule has 1 fully saturated rings. The first-order valence-corrected chi connectivity index (χ1v) is 12.0. The average Bonchev–Trinajstić information content (AvgIpc) is 2.81. The van der Waals surface area contributed by atoms with Gasteiger partial charge in [-0.25, -0.2) is 13.1 Å². The summed E-state index contributed by atoms with van der Waals surface area (Å²) in [7, 11) is -4.86. The number of alkyl halides is 6. The van der Waals surface area contributed by atoms with Gasteiger partial charge in [-0.15, -0.1) is 10.2 Å². The molecule has 196 valence electrons. The van der Waals surface area contributed by atoms with Crippen LogP contribution in [0.5, 0.6) is 0 Å². The molecule has 0 unspecified atom stereocenters. The minimum atomic E-state index is -5.18. The van der Waals surface area contributed by atoms with E-state index in [2.05, 4.69) is 15.5 Å². The lowest BCUT2D eigenvalue weighted by atomic mass is 9.98. The maximum atomic E-state index is 13.9. The van der Waals surface area contributed by atoms with E-state index in [0.717, 1.165) is 0 Å². The fourth-order valence-corrected chi connectivity index (χ4v) is 4.40. The first kappa shape index (κ1) is 27.3. The highest BCUT2D eigenvalue weighted by Crippen LogP contribution is 2.37. The largest absolute Gasteiger partial charge is 0.436 e. The summed E-state index contributed by atoms with van der Waals surface area (Å²) < 4.78 is 105. The van der Waals surface area contributed by atoms with Crippen LogP contribution in [0.25, 0.3) is 0 Å². The van der Waals surface area contributed by atoms with Crippen molar-refractivity contribution in [3.8, 4) is 0 Å². The molecule has 16 heteroatoms. The number of sulfonamides is 1. The number of benzene rings is 1. The number of ketones is 1. The smallest absolute Gasteiger partial charge is 0.366 e. The van der Waals surface area contributed by atoms with E-state index in [1.54, 1.807) is 0 Å². The van der Waals surface area contributed by atoms with Crippen molar-refractivity contribution < 1.29 is 44.3 Å². The van der Waals surface area contributed by atoms with E-state index in [4.69, 9.17) is 0 Å². The van der Waals surface area contributed by atoms with Crippen LogP contribution in [0.1, 0.15) is 38.5 Å². The second kappa shape index (κ2) is 10.4. The zero-order chi connectivity index (χ0) is 26.7. The predicted octanol–water partition coefficient (Wildman–Crippen LogP) is 2.15. The summed E-state index contributed by atoms with van der Waals surface area (Å²) in [5.74, 6) is -4.27. The molecule has 3 rings (SSSR count). The molecule has 0 saturated carbocycles. The number of piperazine rings is 1. The third-order valence-corrected chi connectivity index (χ3v) is 6.27. The van der Waals surface area contributed by atoms with Gasteiger partial charge in [0, 0.05) is 31.7 Å². The monoisotopic (exact) mass is 539 g/mol. The van der Waals surface area contributed by atoms with E-state index in [9.17, 15) is 44.3 Å². The van der Waals surface area contributed by atoms with E-state index < -0.39 is 68.9 Å². The Morgan fingerprint density at radius 3 is 2.17 bits per heavy atom. The summed E-state index contributed by atoms with van der Waals surface area (Å²) in [6.45, 7) is 0.513. The molecule has 2 aromatic rings. The number of rotatable bonds is 7. The van der Waals surface area contributed by atoms with Gasteiger partial charge in [0.05, 0.1) is 23.4 Å². The van der Waals surface area contributed by atoms with Crippen LogP contribution >= 0.6 is 0 Å². The van der Waals surface area contributed by atoms with Gasteiger partial charge >= 0.3 is 12.4 Å². The predicted molar refractivity (Wildman–Crippen MR) is 114 cm³/mol. The van der Waals surface area contributed by atoms with Gasteiger partial charge in [0.1, 0.15) is 0 Å². The van der Waals surface area contributed by atoms with E-state index in [1.165, 1.54) is 40.0 Å². The lowest BCUT2D eigenvalue weighted by molar-refractivity contribution is -0.142. The SMILES string of the molecule is O=C(NS(=O)(=O)CCC(F)(F)F)c1nnc(C(F)(F)F)c(C(=O)c2ccccc2)c1N1CCNCC1. The number of hydrogen-bond acceptors (Lipinski definition) is 8. The molecule has 0 bridgehead atoms. The first-order valence-electron chi connectivity index (χ1n) is 10.3. The van der Waals surface area contributed by atoms with Crippen molar-refractivity contribution in [1.82, 2.24) is 20.2 Å². The molecule has 1 aliphatic heterocycles. The van der Waals surface area contributed by atoms with Crippen molar-refractivity contribution >= 4 is 27.4 Å². The van der Waals surface area contributed by atoms with Crippen molar-refractivity contribution in [2.75, 3.05) is 36.8 Å². The highest BCUT2D eigenvalue weighted by atomic mass is 32.2. The quantitative estimate of drug-likeness (QED) is 0.406. The van der Waals surface area contributed by atoms with Crippen LogP contribution in [0.2, 0.25) is 0 Å². The molecule has 2 N–H and O–H groups in total. The molecule has 9 nitrogen and oxygen atoms in total. The Labute approximate surface area is 200 Å². The van der Waals surface area contributed by atoms with E-state index >= 15 is 0 Å². The minimum Gasteiger partial charge on any atom is -0.366 e. The summed E-state index contributed by atoms with van der Waals surface area (Å²) in [5, 5.41) is 9.22. The number of anilines is 1. The number of amides is 1. The highest BCUT2D eigenvalue weighted by molar-refractivity contribution is 7.90. The Hall–Kier alpha value is -3.27. The molecular formula is C20H19F6N5O4S. The molecule has 1 saturated heterocycles. The van der Waals surface area contributed by atoms with Crippen LogP contribution in [0, 0.1) is 0 Å². The topological polar surface area (TPSA) is 121 Å². The van der Waals surface area contributed by atoms with Crippen molar-refractivity contribution in [1.29, 1.82) is 0 Å². The number of nitrogens with zero attached hydrogens (tertiary/aromatic N) is 3. The van der Waals surface area contributed by atoms with Crippen molar-refractivity contribution in [2.24, 2.45) is 0 Å². The maximum Gasteiger partial charge on any atom is 0.436 e. The molecule has 1 aromatic heterocycles. The highest BCUT2D eigenvalue weighted by Gasteiger charge is 2.43. The molecule has 36 heavy (non-hydrogen) atoms. The van der Waals surface area contributed by atoms with Gasteiger partial charge in [0.25, 0.3) is 5.91 Å². The number of carbonyl (C=O) groups excluding carboxylic acids is 2. The minimum absolute atomic E-state index is 0.0131. The van der Waals surface area contributed by atoms with E-state index in [1.807, 2.05) is 0 Å². The Bertz CT molecular complexity index is 1230. The van der Waals surface area contributed by atoms with Crippen LogP contribution in [0.15, 0.2) is 30.3 Å². The number of aromatic nitrogens is 2. The molecule has 1 aliphatic rings. The van der Waals surface area contributed by atoms with Gasteiger partial charge in [-0.05, 0) is 0 Å². The third-order valence-electron chi connectivity index (χ3n) is 5.03. The van der Waals surface area contributed by atoms with Gasteiger partial charge in [0.15, 0.2) is 17.2 Å². The molecule has 1 aromatic carbocycles. The lowest BCUT2D eigenvalue weighted by Gasteiger charge is -2.32. The fourth-order valence-electron chi connectivity index (χ4n) is 3.42. The van der Waals surface area contributed by atoms with Gasteiger partial charge in [0.2, 0.25) is 10.0 Å². The molecule has 2 heterocycles. The number of carbonyl (C=O) groups is 2. The Morgan fingerprint density at radius 2 is 1.61 bits per heavy atom. The molecule has 1 amide bonds. The second-order valence-electron chi connectivity index (χ2n) is 7.67. The van der Waals surface area contributed by atoms with Crippen molar-refractivity contribution in [2.45, 2.75) is 18.8 Å². The molecule has 0 aliphatic carbocycles. The Morgan fingerprint density at radius 1 is 1.00 bits per heavy atom. The number of halogens is 6. The average molecular weight is 539 g/mol. The lowest BCUT2D eigenvalue weighted by Crippen LogP contribution is -2.46. The fraction of sp³-hybridized carbons (Fsp3) is 0.400. The van der Waals surface area contributed by atoms with Crippen molar-refractivity contribution in [3.63, 3.8) is 0 Å². The molecule has 0 spiro atoms. The Balaban J connectivity index is 2.17. The van der Waals surface area contributed by atoms with Crippen LogP contribution in [-0.4, -0.2) is 68.4 Å². The maximum absolute atomic E-state index is 13.9. The van der Waals surface area contributed by atoms with Crippen LogP contribution in [-0.2, 0) is 16.2 Å². The zero-order valence-corrected chi connectivity index (χ0v) is 19.1. The summed E-state index contributed by atoms with van der Waals surface area (Å²) in [4.78, 5) is 27.3. The normalized spacial score (nSPS) is 15.0. The number of hydrogen-bond donors (Lipinski definition) is 2. The van der Waals surface area contributed by atoms with Crippen LogP contribution < -0.4 is 14.9 Å². The molecular weight excluding hydrogens is 520 g/mol. The van der Waals surface area contributed by atoms with Crippen molar-refractivity contribution in [3.05, 3.63) is 52.8 Å². The first-order chi connectivity index (χ1) is 16.7. The molecule has 0 radical (unpaired) electrons. The van der Waals surface area contributed by atoms with Crippen LogP contribution in [0.4, 0.5) is 32.0 Å². The van der Waals surface area contributed by atoms with Gasteiger partial charge in [-0.3, -0.25) is 9.59 Å². The van der Waals surface area contributed by atoms with E-state index in [0.29, 0.717) is 0 Å². The van der Waals surface area contributed by atoms with Gasteiger partial charge in [-0.2, -0.15) is 26.3 Å². The van der Waals surface area contributed by atoms with Gasteiger partial charge in [-0.1, -0.05) is 30.3 Å². The van der Waals surface area contributed by atoms with Gasteiger partial charge < -0.3 is 10.2 Å². The third kappa shape index (κ3) is 6.69. The molecule has 0 atom stereocenters. The summed E-state index contributed by atoms with van der Waals surface area (Å²) in [6, 6.07) is 6.81. The standard InChI is InChI=1S/C20H19F6N5O4S/c21-19(22,23)6-11-36(34,35)30-18(33)14-15(31-9-7-27-8-10-31)13(17(29-28-14)20(24,25)26)16(32)12-4-2-1-3-5-12/h1-5,27H,6-11H2,(H,30,33). The van der Waals surface area contributed by atoms with E-state index in [-0.39, 0.29) is 31.7 Å². The second-order valence-corrected chi connectivity index (χ2v) is 9.51. The summed E-state index contributed by atoms with van der Waals surface area (Å²) in [5.41, 5.74) is -4.45. The van der Waals surface area contributed by atoms with Crippen LogP contribution in [0.3, 0.4) is 0 Å². The summed E-state index contributed by atoms with van der Waals surface area (Å²) >= 11 is 0. The zero-order valence-electron chi connectivity index (χ0n) is 18.3. The number of nitrogens with one attached hydrogen (secondary N) is 2.